The Balaban J connectivity index is 1.63. The summed E-state index contributed by atoms with van der Waals surface area (Å²) >= 11 is 7.20. The first-order valence-electron chi connectivity index (χ1n) is 14.5. The number of carbonyl (C=O) groups is 2. The van der Waals surface area contributed by atoms with Gasteiger partial charge in [0.25, 0.3) is 11.8 Å². The van der Waals surface area contributed by atoms with Gasteiger partial charge in [0, 0.05) is 33.2 Å². The zero-order valence-electron chi connectivity index (χ0n) is 22.8. The van der Waals surface area contributed by atoms with Crippen molar-refractivity contribution in [1.29, 1.82) is 0 Å². The lowest BCUT2D eigenvalue weighted by Crippen LogP contribution is -2.30. The van der Waals surface area contributed by atoms with Crippen molar-refractivity contribution in [1.82, 2.24) is 0 Å². The van der Waals surface area contributed by atoms with Gasteiger partial charge >= 0.3 is 0 Å². The van der Waals surface area contributed by atoms with Gasteiger partial charge in [-0.1, -0.05) is 122 Å². The summed E-state index contributed by atoms with van der Waals surface area (Å²) in [6, 6.07) is 12.0. The molecule has 0 radical (unpaired) electrons. The third-order valence-electron chi connectivity index (χ3n) is 7.68. The monoisotopic (exact) mass is 642 g/mol. The molecule has 0 N–H and O–H groups in total. The molecule has 4 rings (SSSR count). The fourth-order valence-corrected chi connectivity index (χ4v) is 6.32. The van der Waals surface area contributed by atoms with Crippen LogP contribution in [0.1, 0.15) is 102 Å². The molecule has 2 aliphatic rings. The smallest absolute Gasteiger partial charge is 0.259 e. The van der Waals surface area contributed by atoms with Crippen molar-refractivity contribution in [2.75, 3.05) is 22.9 Å². The second kappa shape index (κ2) is 13.9. The number of rotatable bonds is 14. The summed E-state index contributed by atoms with van der Waals surface area (Å²) in [5.74, 6) is -0.101. The van der Waals surface area contributed by atoms with E-state index in [9.17, 15) is 9.59 Å². The van der Waals surface area contributed by atoms with Gasteiger partial charge in [0.05, 0.1) is 22.5 Å². The summed E-state index contributed by atoms with van der Waals surface area (Å²) in [5, 5.41) is 0. The average molecular weight is 644 g/mol. The number of nitrogens with zero attached hydrogens (tertiary/aromatic N) is 2. The molecular formula is C32H40Br2N2O2. The molecule has 0 bridgehead atoms. The molecule has 0 aliphatic carbocycles. The maximum Gasteiger partial charge on any atom is 0.259 e. The van der Waals surface area contributed by atoms with Crippen molar-refractivity contribution in [2.45, 2.75) is 90.9 Å². The molecule has 0 fully saturated rings. The van der Waals surface area contributed by atoms with E-state index in [1.54, 1.807) is 0 Å². The Bertz CT molecular complexity index is 1100. The van der Waals surface area contributed by atoms with Crippen molar-refractivity contribution < 1.29 is 9.59 Å². The zero-order valence-corrected chi connectivity index (χ0v) is 26.0. The number of unbranched alkanes of at least 4 members (excludes halogenated alkanes) is 10. The molecule has 0 aromatic heterocycles. The van der Waals surface area contributed by atoms with E-state index in [1.807, 2.05) is 46.2 Å². The van der Waals surface area contributed by atoms with Crippen LogP contribution in [0.3, 0.4) is 0 Å². The van der Waals surface area contributed by atoms with E-state index in [4.69, 9.17) is 0 Å². The molecule has 2 amide bonds. The average Bonchev–Trinajstić information content (AvgIpc) is 3.32. The van der Waals surface area contributed by atoms with Gasteiger partial charge in [-0.3, -0.25) is 9.59 Å². The summed E-state index contributed by atoms with van der Waals surface area (Å²) in [6.07, 6.45) is 14.0. The standard InChI is InChI=1S/C32H40Br2N2O2/c1-3-5-7-9-11-13-19-35-27-21-23(33)15-17-25(27)29(31(35)37)30-26-18-16-24(34)22-28(26)36(32(30)38)20-14-12-10-8-6-4-2/h15-18,21-22H,3-14,19-20H2,1-2H3/b30-29+. The third kappa shape index (κ3) is 6.44. The predicted molar refractivity (Wildman–Crippen MR) is 167 cm³/mol. The first kappa shape index (κ1) is 29.1. The lowest BCUT2D eigenvalue weighted by atomic mass is 9.96. The fourth-order valence-electron chi connectivity index (χ4n) is 5.63. The number of anilines is 2. The highest BCUT2D eigenvalue weighted by molar-refractivity contribution is 9.10. The maximum absolute atomic E-state index is 14.0. The van der Waals surface area contributed by atoms with Crippen molar-refractivity contribution in [3.05, 3.63) is 56.5 Å². The highest BCUT2D eigenvalue weighted by Crippen LogP contribution is 2.47. The number of hydrogen-bond donors (Lipinski definition) is 0. The van der Waals surface area contributed by atoms with E-state index in [2.05, 4.69) is 45.7 Å². The Morgan fingerprint density at radius 3 is 1.32 bits per heavy atom. The topological polar surface area (TPSA) is 40.6 Å². The lowest BCUT2D eigenvalue weighted by Gasteiger charge is -2.18. The van der Waals surface area contributed by atoms with Gasteiger partial charge in [-0.15, -0.1) is 0 Å². The molecule has 0 unspecified atom stereocenters. The molecule has 0 saturated heterocycles. The van der Waals surface area contributed by atoms with Crippen LogP contribution >= 0.6 is 31.9 Å². The fraction of sp³-hybridized carbons (Fsp3) is 0.500. The normalized spacial score (nSPS) is 16.5. The number of fused-ring (bicyclic) bond motifs is 2. The van der Waals surface area contributed by atoms with Crippen LogP contribution in [0.5, 0.6) is 0 Å². The van der Waals surface area contributed by atoms with Crippen LogP contribution < -0.4 is 9.80 Å². The molecule has 0 saturated carbocycles. The van der Waals surface area contributed by atoms with Crippen molar-refractivity contribution in [3.8, 4) is 0 Å². The second-order valence-corrected chi connectivity index (χ2v) is 12.4. The molecule has 2 aliphatic heterocycles. The lowest BCUT2D eigenvalue weighted by molar-refractivity contribution is -0.114. The largest absolute Gasteiger partial charge is 0.308 e. The minimum Gasteiger partial charge on any atom is -0.308 e. The number of amides is 2. The van der Waals surface area contributed by atoms with E-state index in [0.717, 1.165) is 57.1 Å². The summed E-state index contributed by atoms with van der Waals surface area (Å²) < 4.78 is 1.88. The van der Waals surface area contributed by atoms with E-state index in [-0.39, 0.29) is 11.8 Å². The molecule has 2 aromatic rings. The molecule has 2 aromatic carbocycles. The van der Waals surface area contributed by atoms with Gasteiger partial charge in [0.1, 0.15) is 0 Å². The third-order valence-corrected chi connectivity index (χ3v) is 8.66. The van der Waals surface area contributed by atoms with Gasteiger partial charge in [-0.05, 0) is 37.1 Å². The summed E-state index contributed by atoms with van der Waals surface area (Å²) in [4.78, 5) is 31.8. The highest BCUT2D eigenvalue weighted by atomic mass is 79.9. The zero-order chi connectivity index (χ0) is 27.1. The Kier molecular flexibility index (Phi) is 10.7. The molecule has 0 spiro atoms. The van der Waals surface area contributed by atoms with Crippen molar-refractivity contribution in [3.63, 3.8) is 0 Å². The molecule has 2 heterocycles. The van der Waals surface area contributed by atoms with E-state index in [0.29, 0.717) is 24.2 Å². The van der Waals surface area contributed by atoms with Crippen LogP contribution in [0, 0.1) is 0 Å². The summed E-state index contributed by atoms with van der Waals surface area (Å²) in [7, 11) is 0. The van der Waals surface area contributed by atoms with Gasteiger partial charge in [0.15, 0.2) is 0 Å². The molecular weight excluding hydrogens is 604 g/mol. The predicted octanol–water partition coefficient (Wildman–Crippen LogP) is 9.54. The van der Waals surface area contributed by atoms with Gasteiger partial charge in [-0.25, -0.2) is 0 Å². The second-order valence-electron chi connectivity index (χ2n) is 10.5. The molecule has 6 heteroatoms. The first-order chi connectivity index (χ1) is 18.5. The van der Waals surface area contributed by atoms with E-state index < -0.39 is 0 Å². The highest BCUT2D eigenvalue weighted by Gasteiger charge is 2.41. The Hall–Kier alpha value is -1.92. The van der Waals surface area contributed by atoms with Crippen LogP contribution in [0.15, 0.2) is 45.3 Å². The van der Waals surface area contributed by atoms with Crippen LogP contribution in [0.25, 0.3) is 11.1 Å². The van der Waals surface area contributed by atoms with Crippen LogP contribution in [-0.4, -0.2) is 24.9 Å². The first-order valence-corrected chi connectivity index (χ1v) is 16.0. The van der Waals surface area contributed by atoms with Gasteiger partial charge in [-0.2, -0.15) is 0 Å². The minimum absolute atomic E-state index is 0.0507. The Morgan fingerprint density at radius 1 is 0.553 bits per heavy atom. The van der Waals surface area contributed by atoms with Crippen LogP contribution in [0.2, 0.25) is 0 Å². The number of hydrogen-bond acceptors (Lipinski definition) is 2. The van der Waals surface area contributed by atoms with Gasteiger partial charge in [0.2, 0.25) is 0 Å². The molecule has 38 heavy (non-hydrogen) atoms. The van der Waals surface area contributed by atoms with Crippen molar-refractivity contribution in [2.24, 2.45) is 0 Å². The number of halogens is 2. The molecule has 0 atom stereocenters. The maximum atomic E-state index is 14.0. The summed E-state index contributed by atoms with van der Waals surface area (Å²) in [5.41, 5.74) is 4.64. The summed E-state index contributed by atoms with van der Waals surface area (Å²) in [6.45, 7) is 5.80. The van der Waals surface area contributed by atoms with Crippen molar-refractivity contribution >= 4 is 66.2 Å². The van der Waals surface area contributed by atoms with Crippen LogP contribution in [0.4, 0.5) is 11.4 Å². The molecule has 204 valence electrons. The Labute approximate surface area is 245 Å². The quantitative estimate of drug-likeness (QED) is 0.152. The Morgan fingerprint density at radius 2 is 0.921 bits per heavy atom. The van der Waals surface area contributed by atoms with Crippen LogP contribution in [-0.2, 0) is 9.59 Å². The SMILES string of the molecule is CCCCCCCCN1C(=O)/C(=C2/C(=O)N(CCCCCCCC)c3cc(Br)ccc32)c2ccc(Br)cc21. The van der Waals surface area contributed by atoms with Gasteiger partial charge < -0.3 is 9.80 Å². The molecule has 4 nitrogen and oxygen atoms in total. The minimum atomic E-state index is -0.0507. The van der Waals surface area contributed by atoms with E-state index >= 15 is 0 Å². The van der Waals surface area contributed by atoms with E-state index in [1.165, 1.54) is 51.4 Å². The number of benzene rings is 2. The number of carbonyl (C=O) groups excluding carboxylic acids is 2.